The Balaban J connectivity index is 1.98. The van der Waals surface area contributed by atoms with E-state index in [2.05, 4.69) is 0 Å². The molecule has 0 saturated carbocycles. The SMILES string of the molecule is O=S1(=O)CCN([C@@H]2CCS(=O)(=O)C2)CC1. The lowest BCUT2D eigenvalue weighted by atomic mass is 10.2. The van der Waals surface area contributed by atoms with Gasteiger partial charge in [0.25, 0.3) is 0 Å². The third-order valence-corrected chi connectivity index (χ3v) is 6.46. The molecule has 2 aliphatic heterocycles. The van der Waals surface area contributed by atoms with Crippen LogP contribution in [0.3, 0.4) is 0 Å². The summed E-state index contributed by atoms with van der Waals surface area (Å²) in [7, 11) is -5.73. The van der Waals surface area contributed by atoms with Crippen LogP contribution in [0.5, 0.6) is 0 Å². The van der Waals surface area contributed by atoms with Gasteiger partial charge in [0.1, 0.15) is 0 Å². The maximum absolute atomic E-state index is 11.3. The fourth-order valence-corrected chi connectivity index (χ4v) is 5.15. The van der Waals surface area contributed by atoms with Gasteiger partial charge in [-0.25, -0.2) is 16.8 Å². The number of sulfone groups is 2. The minimum atomic E-state index is -2.87. The van der Waals surface area contributed by atoms with Crippen molar-refractivity contribution in [3.63, 3.8) is 0 Å². The second-order valence-electron chi connectivity index (χ2n) is 4.24. The second-order valence-corrected chi connectivity index (χ2v) is 8.78. The molecular weight excluding hydrogens is 238 g/mol. The van der Waals surface area contributed by atoms with Crippen molar-refractivity contribution in [3.8, 4) is 0 Å². The first kappa shape index (κ1) is 11.3. The second kappa shape index (κ2) is 3.71. The lowest BCUT2D eigenvalue weighted by molar-refractivity contribution is 0.230. The molecule has 0 aromatic heterocycles. The molecule has 0 spiro atoms. The summed E-state index contributed by atoms with van der Waals surface area (Å²) < 4.78 is 44.9. The summed E-state index contributed by atoms with van der Waals surface area (Å²) in [4.78, 5) is 2.01. The fourth-order valence-electron chi connectivity index (χ4n) is 2.16. The fraction of sp³-hybridized carbons (Fsp3) is 1.00. The van der Waals surface area contributed by atoms with E-state index >= 15 is 0 Å². The van der Waals surface area contributed by atoms with Crippen molar-refractivity contribution in [1.82, 2.24) is 4.90 Å². The lowest BCUT2D eigenvalue weighted by Crippen LogP contribution is -2.46. The summed E-state index contributed by atoms with van der Waals surface area (Å²) in [6.45, 7) is 0.977. The Bertz CT molecular complexity index is 425. The van der Waals surface area contributed by atoms with Crippen LogP contribution in [0.2, 0.25) is 0 Å². The van der Waals surface area contributed by atoms with Crippen LogP contribution in [0.15, 0.2) is 0 Å². The van der Waals surface area contributed by atoms with Crippen molar-refractivity contribution in [2.75, 3.05) is 36.1 Å². The van der Waals surface area contributed by atoms with E-state index in [0.717, 1.165) is 0 Å². The molecular formula is C8H15NO4S2. The third-order valence-electron chi connectivity index (χ3n) is 3.10. The van der Waals surface area contributed by atoms with Crippen LogP contribution in [0.25, 0.3) is 0 Å². The van der Waals surface area contributed by atoms with Crippen molar-refractivity contribution in [3.05, 3.63) is 0 Å². The van der Waals surface area contributed by atoms with Gasteiger partial charge in [0.2, 0.25) is 0 Å². The molecule has 5 nitrogen and oxygen atoms in total. The number of rotatable bonds is 1. The normalized spacial score (nSPS) is 35.3. The van der Waals surface area contributed by atoms with Crippen LogP contribution in [0.1, 0.15) is 6.42 Å². The van der Waals surface area contributed by atoms with Crippen LogP contribution in [0.4, 0.5) is 0 Å². The van der Waals surface area contributed by atoms with Gasteiger partial charge >= 0.3 is 0 Å². The van der Waals surface area contributed by atoms with Crippen LogP contribution >= 0.6 is 0 Å². The smallest absolute Gasteiger partial charge is 0.152 e. The van der Waals surface area contributed by atoms with Gasteiger partial charge in [0.05, 0.1) is 23.0 Å². The molecule has 0 aromatic carbocycles. The van der Waals surface area contributed by atoms with Gasteiger partial charge in [-0.2, -0.15) is 0 Å². The molecule has 7 heteroatoms. The molecule has 88 valence electrons. The molecule has 2 heterocycles. The van der Waals surface area contributed by atoms with E-state index in [4.69, 9.17) is 0 Å². The Morgan fingerprint density at radius 2 is 1.47 bits per heavy atom. The molecule has 0 radical (unpaired) electrons. The predicted molar refractivity (Wildman–Crippen MR) is 57.3 cm³/mol. The highest BCUT2D eigenvalue weighted by Crippen LogP contribution is 2.19. The van der Waals surface area contributed by atoms with Crippen molar-refractivity contribution in [2.45, 2.75) is 12.5 Å². The lowest BCUT2D eigenvalue weighted by Gasteiger charge is -2.31. The van der Waals surface area contributed by atoms with E-state index in [1.165, 1.54) is 0 Å². The largest absolute Gasteiger partial charge is 0.297 e. The zero-order valence-electron chi connectivity index (χ0n) is 8.42. The van der Waals surface area contributed by atoms with Crippen LogP contribution in [-0.2, 0) is 19.7 Å². The van der Waals surface area contributed by atoms with Crippen molar-refractivity contribution >= 4 is 19.7 Å². The highest BCUT2D eigenvalue weighted by Gasteiger charge is 2.34. The molecule has 2 rings (SSSR count). The summed E-state index contributed by atoms with van der Waals surface area (Å²) in [5, 5.41) is 0. The zero-order valence-corrected chi connectivity index (χ0v) is 10.1. The third kappa shape index (κ3) is 2.70. The van der Waals surface area contributed by atoms with E-state index < -0.39 is 19.7 Å². The average Bonchev–Trinajstić information content (AvgIpc) is 2.46. The Hall–Kier alpha value is -0.140. The van der Waals surface area contributed by atoms with Gasteiger partial charge in [0.15, 0.2) is 19.7 Å². The topological polar surface area (TPSA) is 71.5 Å². The molecule has 0 aromatic rings. The molecule has 1 atom stereocenters. The van der Waals surface area contributed by atoms with Gasteiger partial charge in [0, 0.05) is 19.1 Å². The zero-order chi connectivity index (χ0) is 11.1. The van der Waals surface area contributed by atoms with E-state index in [9.17, 15) is 16.8 Å². The van der Waals surface area contributed by atoms with Gasteiger partial charge in [-0.3, -0.25) is 4.90 Å². The van der Waals surface area contributed by atoms with Gasteiger partial charge < -0.3 is 0 Å². The molecule has 0 bridgehead atoms. The highest BCUT2D eigenvalue weighted by molar-refractivity contribution is 7.91. The van der Waals surface area contributed by atoms with Crippen molar-refractivity contribution in [1.29, 1.82) is 0 Å². The average molecular weight is 253 g/mol. The van der Waals surface area contributed by atoms with E-state index in [0.29, 0.717) is 19.5 Å². The number of hydrogen-bond acceptors (Lipinski definition) is 5. The Morgan fingerprint density at radius 1 is 0.867 bits per heavy atom. The first-order chi connectivity index (χ1) is 6.88. The summed E-state index contributed by atoms with van der Waals surface area (Å²) in [5.41, 5.74) is 0. The quantitative estimate of drug-likeness (QED) is 0.593. The van der Waals surface area contributed by atoms with Crippen LogP contribution < -0.4 is 0 Å². The Kier molecular flexibility index (Phi) is 2.81. The summed E-state index contributed by atoms with van der Waals surface area (Å²) in [6, 6.07) is 0.0468. The Labute approximate surface area is 90.3 Å². The van der Waals surface area contributed by atoms with Crippen molar-refractivity contribution < 1.29 is 16.8 Å². The molecule has 0 amide bonds. The van der Waals surface area contributed by atoms with Gasteiger partial charge in [-0.1, -0.05) is 0 Å². The molecule has 2 saturated heterocycles. The Morgan fingerprint density at radius 3 is 1.93 bits per heavy atom. The maximum Gasteiger partial charge on any atom is 0.152 e. The number of hydrogen-bond donors (Lipinski definition) is 0. The molecule has 2 aliphatic rings. The van der Waals surface area contributed by atoms with E-state index in [1.807, 2.05) is 4.90 Å². The summed E-state index contributed by atoms with van der Waals surface area (Å²) in [6.07, 6.45) is 0.655. The summed E-state index contributed by atoms with van der Waals surface area (Å²) in [5.74, 6) is 0.793. The minimum Gasteiger partial charge on any atom is -0.297 e. The maximum atomic E-state index is 11.3. The monoisotopic (exact) mass is 253 g/mol. The van der Waals surface area contributed by atoms with Gasteiger partial charge in [-0.15, -0.1) is 0 Å². The van der Waals surface area contributed by atoms with Gasteiger partial charge in [-0.05, 0) is 6.42 Å². The highest BCUT2D eigenvalue weighted by atomic mass is 32.2. The van der Waals surface area contributed by atoms with Crippen LogP contribution in [-0.4, -0.2) is 63.9 Å². The first-order valence-electron chi connectivity index (χ1n) is 5.03. The predicted octanol–water partition coefficient (Wildman–Crippen LogP) is -1.10. The molecule has 15 heavy (non-hydrogen) atoms. The first-order valence-corrected chi connectivity index (χ1v) is 8.67. The molecule has 0 aliphatic carbocycles. The van der Waals surface area contributed by atoms with E-state index in [1.54, 1.807) is 0 Å². The minimum absolute atomic E-state index is 0.0468. The molecule has 2 fully saturated rings. The number of nitrogens with zero attached hydrogens (tertiary/aromatic N) is 1. The molecule has 0 N–H and O–H groups in total. The standard InChI is InChI=1S/C8H15NO4S2/c10-14(11)5-2-9(3-6-14)8-1-4-15(12,13)7-8/h8H,1-7H2/t8-/m1/s1. The van der Waals surface area contributed by atoms with Crippen molar-refractivity contribution in [2.24, 2.45) is 0 Å². The van der Waals surface area contributed by atoms with E-state index in [-0.39, 0.29) is 29.1 Å². The molecule has 0 unspecified atom stereocenters. The van der Waals surface area contributed by atoms with Crippen LogP contribution in [0, 0.1) is 0 Å². The summed E-state index contributed by atoms with van der Waals surface area (Å²) >= 11 is 0.